The monoisotopic (exact) mass is 315 g/mol. The van der Waals surface area contributed by atoms with Crippen molar-refractivity contribution in [3.05, 3.63) is 23.3 Å². The standard InChI is InChI=1S/C18H21NO4/c1-19-6-5-18-9-14(21)13(20)8-11(18)12(19)7-10-3-4-15(23-2)17(22)16(10)18/h3-4,11-12,22H,5-9H2,1-2H3/t11-,12+,18-/m0/s1. The molecular formula is C18H21NO4. The Hall–Kier alpha value is -1.88. The van der Waals surface area contributed by atoms with Crippen molar-refractivity contribution in [3.63, 3.8) is 0 Å². The van der Waals surface area contributed by atoms with Gasteiger partial charge in [0, 0.05) is 29.9 Å². The maximum Gasteiger partial charge on any atom is 0.199 e. The number of phenolic OH excluding ortho intramolecular Hbond substituents is 1. The molecule has 5 nitrogen and oxygen atoms in total. The van der Waals surface area contributed by atoms with Gasteiger partial charge in [0.05, 0.1) is 7.11 Å². The minimum Gasteiger partial charge on any atom is -0.504 e. The van der Waals surface area contributed by atoms with Crippen molar-refractivity contribution in [2.45, 2.75) is 37.1 Å². The predicted octanol–water partition coefficient (Wildman–Crippen LogP) is 1.45. The Labute approximate surface area is 135 Å². The number of phenols is 1. The predicted molar refractivity (Wildman–Crippen MR) is 83.8 cm³/mol. The van der Waals surface area contributed by atoms with E-state index < -0.39 is 5.41 Å². The van der Waals surface area contributed by atoms with E-state index in [0.717, 1.165) is 30.5 Å². The van der Waals surface area contributed by atoms with Crippen LogP contribution in [-0.4, -0.2) is 48.3 Å². The van der Waals surface area contributed by atoms with Gasteiger partial charge in [0.1, 0.15) is 0 Å². The molecule has 3 atom stereocenters. The second-order valence-corrected chi connectivity index (χ2v) is 7.14. The van der Waals surface area contributed by atoms with Crippen LogP contribution in [0.5, 0.6) is 11.5 Å². The van der Waals surface area contributed by atoms with Gasteiger partial charge in [0.2, 0.25) is 0 Å². The lowest BCUT2D eigenvalue weighted by molar-refractivity contribution is -0.144. The molecule has 1 aromatic carbocycles. The molecule has 1 saturated heterocycles. The van der Waals surface area contributed by atoms with E-state index in [0.29, 0.717) is 12.2 Å². The smallest absolute Gasteiger partial charge is 0.199 e. The highest BCUT2D eigenvalue weighted by Crippen LogP contribution is 2.57. The van der Waals surface area contributed by atoms with Gasteiger partial charge in [-0.05, 0) is 44.0 Å². The first-order valence-corrected chi connectivity index (χ1v) is 8.13. The molecule has 1 N–H and O–H groups in total. The van der Waals surface area contributed by atoms with Gasteiger partial charge in [-0.1, -0.05) is 6.07 Å². The van der Waals surface area contributed by atoms with E-state index in [2.05, 4.69) is 11.9 Å². The van der Waals surface area contributed by atoms with E-state index in [1.54, 1.807) is 6.07 Å². The molecule has 2 fully saturated rings. The fourth-order valence-electron chi connectivity index (χ4n) is 5.08. The first-order chi connectivity index (χ1) is 11.0. The number of likely N-dealkylation sites (tertiary alicyclic amines) is 1. The van der Waals surface area contributed by atoms with E-state index >= 15 is 0 Å². The van der Waals surface area contributed by atoms with Gasteiger partial charge in [-0.15, -0.1) is 0 Å². The van der Waals surface area contributed by atoms with E-state index in [1.807, 2.05) is 6.07 Å². The first kappa shape index (κ1) is 14.7. The Morgan fingerprint density at radius 1 is 1.26 bits per heavy atom. The maximum atomic E-state index is 12.2. The normalized spacial score (nSPS) is 33.1. The number of carbonyl (C=O) groups excluding carboxylic acids is 2. The SMILES string of the molecule is COc1ccc2c(c1O)[C@]13CCN(C)[C@H](C2)[C@@H]1CC(=O)C(=O)C3. The van der Waals surface area contributed by atoms with E-state index in [1.165, 1.54) is 7.11 Å². The van der Waals surface area contributed by atoms with Crippen LogP contribution in [0, 0.1) is 5.92 Å². The average Bonchev–Trinajstić information content (AvgIpc) is 2.52. The molecule has 1 saturated carbocycles. The highest BCUT2D eigenvalue weighted by atomic mass is 16.5. The fourth-order valence-corrected chi connectivity index (χ4v) is 5.08. The number of nitrogens with zero attached hydrogens (tertiary/aromatic N) is 1. The van der Waals surface area contributed by atoms with Crippen LogP contribution in [0.15, 0.2) is 12.1 Å². The molecule has 5 heteroatoms. The summed E-state index contributed by atoms with van der Waals surface area (Å²) in [6.45, 7) is 0.874. The number of Topliss-reactive ketones (excluding diaryl/α,β-unsaturated/α-hetero) is 2. The Morgan fingerprint density at radius 3 is 2.78 bits per heavy atom. The second-order valence-electron chi connectivity index (χ2n) is 7.14. The summed E-state index contributed by atoms with van der Waals surface area (Å²) in [5.41, 5.74) is 1.51. The van der Waals surface area contributed by atoms with E-state index in [-0.39, 0.29) is 35.7 Å². The second kappa shape index (κ2) is 4.81. The lowest BCUT2D eigenvalue weighted by atomic mass is 9.51. The van der Waals surface area contributed by atoms with Gasteiger partial charge in [-0.3, -0.25) is 9.59 Å². The topological polar surface area (TPSA) is 66.8 Å². The number of ketones is 2. The van der Waals surface area contributed by atoms with Gasteiger partial charge in [-0.2, -0.15) is 0 Å². The van der Waals surface area contributed by atoms with Crippen molar-refractivity contribution in [1.29, 1.82) is 0 Å². The summed E-state index contributed by atoms with van der Waals surface area (Å²) >= 11 is 0. The molecule has 0 radical (unpaired) electrons. The minimum atomic E-state index is -0.422. The van der Waals surface area contributed by atoms with Gasteiger partial charge < -0.3 is 14.7 Å². The largest absolute Gasteiger partial charge is 0.504 e. The molecule has 122 valence electrons. The van der Waals surface area contributed by atoms with Crippen molar-refractivity contribution < 1.29 is 19.4 Å². The molecule has 0 amide bonds. The molecule has 1 aromatic rings. The molecule has 2 bridgehead atoms. The fraction of sp³-hybridized carbons (Fsp3) is 0.556. The van der Waals surface area contributed by atoms with Crippen LogP contribution in [0.4, 0.5) is 0 Å². The van der Waals surface area contributed by atoms with Crippen LogP contribution >= 0.6 is 0 Å². The number of aromatic hydroxyl groups is 1. The number of methoxy groups -OCH3 is 1. The summed E-state index contributed by atoms with van der Waals surface area (Å²) < 4.78 is 5.28. The summed E-state index contributed by atoms with van der Waals surface area (Å²) in [7, 11) is 3.62. The third kappa shape index (κ3) is 1.83. The zero-order valence-electron chi connectivity index (χ0n) is 13.5. The molecule has 0 aromatic heterocycles. The summed E-state index contributed by atoms with van der Waals surface area (Å²) in [5.74, 6) is 0.145. The number of carbonyl (C=O) groups is 2. The number of rotatable bonds is 1. The van der Waals surface area contributed by atoms with Gasteiger partial charge >= 0.3 is 0 Å². The van der Waals surface area contributed by atoms with E-state index in [9.17, 15) is 14.7 Å². The van der Waals surface area contributed by atoms with Crippen molar-refractivity contribution in [2.24, 2.45) is 5.92 Å². The Balaban J connectivity index is 1.96. The molecule has 0 spiro atoms. The molecular weight excluding hydrogens is 294 g/mol. The van der Waals surface area contributed by atoms with Crippen LogP contribution in [-0.2, 0) is 21.4 Å². The summed E-state index contributed by atoms with van der Waals surface area (Å²) in [6.07, 6.45) is 2.10. The highest BCUT2D eigenvalue weighted by molar-refractivity contribution is 6.38. The van der Waals surface area contributed by atoms with Crippen molar-refractivity contribution in [2.75, 3.05) is 20.7 Å². The van der Waals surface area contributed by atoms with Crippen LogP contribution in [0.3, 0.4) is 0 Å². The summed E-state index contributed by atoms with van der Waals surface area (Å²) in [4.78, 5) is 26.6. The number of hydrogen-bond acceptors (Lipinski definition) is 5. The Bertz CT molecular complexity index is 713. The number of likely N-dealkylation sites (N-methyl/N-ethyl adjacent to an activating group) is 1. The lowest BCUT2D eigenvalue weighted by Gasteiger charge is -2.57. The minimum absolute atomic E-state index is 0.0944. The summed E-state index contributed by atoms with van der Waals surface area (Å²) in [5, 5.41) is 10.8. The van der Waals surface area contributed by atoms with Gasteiger partial charge in [0.25, 0.3) is 0 Å². The molecule has 23 heavy (non-hydrogen) atoms. The van der Waals surface area contributed by atoms with E-state index in [4.69, 9.17) is 4.74 Å². The Morgan fingerprint density at radius 2 is 2.04 bits per heavy atom. The van der Waals surface area contributed by atoms with Gasteiger partial charge in [0.15, 0.2) is 23.1 Å². The number of fused-ring (bicyclic) bond motifs is 1. The molecule has 1 heterocycles. The molecule has 1 aliphatic heterocycles. The number of benzene rings is 1. The maximum absolute atomic E-state index is 12.2. The molecule has 0 unspecified atom stereocenters. The third-order valence-electron chi connectivity index (χ3n) is 6.22. The molecule has 2 aliphatic carbocycles. The van der Waals surface area contributed by atoms with Crippen LogP contribution in [0.25, 0.3) is 0 Å². The van der Waals surface area contributed by atoms with Gasteiger partial charge in [-0.25, -0.2) is 0 Å². The van der Waals surface area contributed by atoms with Crippen molar-refractivity contribution in [3.8, 4) is 11.5 Å². The van der Waals surface area contributed by atoms with Crippen LogP contribution in [0.1, 0.15) is 30.4 Å². The lowest BCUT2D eigenvalue weighted by Crippen LogP contribution is -2.62. The average molecular weight is 315 g/mol. The van der Waals surface area contributed by atoms with Crippen LogP contribution < -0.4 is 4.74 Å². The number of ether oxygens (including phenoxy) is 1. The summed E-state index contributed by atoms with van der Waals surface area (Å²) in [6, 6.07) is 4.04. The Kier molecular flexibility index (Phi) is 3.07. The first-order valence-electron chi connectivity index (χ1n) is 8.13. The zero-order valence-corrected chi connectivity index (χ0v) is 13.5. The third-order valence-corrected chi connectivity index (χ3v) is 6.22. The molecule has 4 rings (SSSR count). The van der Waals surface area contributed by atoms with Crippen LogP contribution in [0.2, 0.25) is 0 Å². The highest BCUT2D eigenvalue weighted by Gasteiger charge is 2.58. The molecule has 3 aliphatic rings. The van der Waals surface area contributed by atoms with Crippen molar-refractivity contribution >= 4 is 11.6 Å². The quantitative estimate of drug-likeness (QED) is 0.795. The van der Waals surface area contributed by atoms with Crippen molar-refractivity contribution in [1.82, 2.24) is 4.90 Å². The zero-order chi connectivity index (χ0) is 16.4. The number of hydrogen-bond donors (Lipinski definition) is 1. The number of piperidine rings is 1.